The van der Waals surface area contributed by atoms with Crippen molar-refractivity contribution in [2.45, 2.75) is 57.3 Å². The van der Waals surface area contributed by atoms with Gasteiger partial charge < -0.3 is 20.1 Å². The van der Waals surface area contributed by atoms with E-state index in [4.69, 9.17) is 9.47 Å². The van der Waals surface area contributed by atoms with Gasteiger partial charge in [-0.05, 0) is 44.9 Å². The summed E-state index contributed by atoms with van der Waals surface area (Å²) in [5.41, 5.74) is 0. The Balaban J connectivity index is 0.00000243. The van der Waals surface area contributed by atoms with Crippen LogP contribution in [0.3, 0.4) is 0 Å². The van der Waals surface area contributed by atoms with Gasteiger partial charge in [0.2, 0.25) is 0 Å². The third-order valence-corrected chi connectivity index (χ3v) is 7.02. The molecule has 0 amide bonds. The van der Waals surface area contributed by atoms with Crippen LogP contribution in [0.25, 0.3) is 0 Å². The molecule has 0 aromatic heterocycles. The molecule has 0 radical (unpaired) electrons. The Hall–Kier alpha value is -0.130. The van der Waals surface area contributed by atoms with Gasteiger partial charge >= 0.3 is 0 Å². The maximum Gasteiger partial charge on any atom is 0.191 e. The Bertz CT molecular complexity index is 566. The summed E-state index contributed by atoms with van der Waals surface area (Å²) in [6.07, 6.45) is 5.33. The second-order valence-corrected chi connectivity index (χ2v) is 9.75. The molecule has 9 heteroatoms. The molecule has 0 spiro atoms. The molecule has 3 rings (SSSR count). The molecule has 0 aromatic rings. The molecule has 3 aliphatic heterocycles. The summed E-state index contributed by atoms with van der Waals surface area (Å²) in [6.45, 7) is 4.99. The topological polar surface area (TPSA) is 89.0 Å². The third kappa shape index (κ3) is 7.12. The maximum atomic E-state index is 11.6. The number of guanidine groups is 1. The molecule has 4 atom stereocenters. The molecule has 2 N–H and O–H groups in total. The summed E-state index contributed by atoms with van der Waals surface area (Å²) in [6, 6.07) is 0.340. The lowest BCUT2D eigenvalue weighted by molar-refractivity contribution is 0.0164. The molecule has 4 unspecified atom stereocenters. The average Bonchev–Trinajstić information content (AvgIpc) is 3.19. The van der Waals surface area contributed by atoms with Crippen molar-refractivity contribution >= 4 is 39.8 Å². The summed E-state index contributed by atoms with van der Waals surface area (Å²) in [7, 11) is -2.85. The Labute approximate surface area is 174 Å². The second-order valence-electron chi connectivity index (χ2n) is 7.52. The Kier molecular flexibility index (Phi) is 8.89. The van der Waals surface area contributed by atoms with Crippen molar-refractivity contribution < 1.29 is 17.9 Å². The molecule has 0 aromatic carbocycles. The zero-order chi connectivity index (χ0) is 17.7. The van der Waals surface area contributed by atoms with E-state index in [0.717, 1.165) is 57.8 Å². The molecule has 3 aliphatic rings. The van der Waals surface area contributed by atoms with Crippen LogP contribution in [0.4, 0.5) is 0 Å². The monoisotopic (exact) mass is 501 g/mol. The van der Waals surface area contributed by atoms with Crippen LogP contribution >= 0.6 is 24.0 Å². The molecule has 0 bridgehead atoms. The fourth-order valence-electron chi connectivity index (χ4n) is 3.73. The number of rotatable bonds is 5. The van der Waals surface area contributed by atoms with Gasteiger partial charge in [-0.25, -0.2) is 8.42 Å². The molecule has 152 valence electrons. The van der Waals surface area contributed by atoms with Crippen molar-refractivity contribution in [3.8, 4) is 0 Å². The Morgan fingerprint density at radius 2 is 2.04 bits per heavy atom. The fourth-order valence-corrected chi connectivity index (χ4v) is 5.58. The zero-order valence-corrected chi connectivity index (χ0v) is 18.6. The van der Waals surface area contributed by atoms with Crippen molar-refractivity contribution in [1.82, 2.24) is 10.6 Å². The minimum Gasteiger partial charge on any atom is -0.378 e. The van der Waals surface area contributed by atoms with Crippen LogP contribution in [0.15, 0.2) is 4.99 Å². The number of aliphatic imine (C=N–C) groups is 1. The smallest absolute Gasteiger partial charge is 0.191 e. The first-order valence-corrected chi connectivity index (χ1v) is 11.3. The summed E-state index contributed by atoms with van der Waals surface area (Å²) in [5, 5.41) is 6.90. The van der Waals surface area contributed by atoms with E-state index in [1.54, 1.807) is 0 Å². The van der Waals surface area contributed by atoms with Gasteiger partial charge in [0, 0.05) is 32.3 Å². The number of nitrogens with zero attached hydrogens (tertiary/aromatic N) is 1. The third-order valence-electron chi connectivity index (χ3n) is 5.18. The molecule has 0 aliphatic carbocycles. The lowest BCUT2D eigenvalue weighted by Gasteiger charge is -2.29. The van der Waals surface area contributed by atoms with E-state index in [-0.39, 0.29) is 47.9 Å². The largest absolute Gasteiger partial charge is 0.378 e. The van der Waals surface area contributed by atoms with E-state index in [0.29, 0.717) is 18.3 Å². The van der Waals surface area contributed by atoms with E-state index in [2.05, 4.69) is 22.5 Å². The molecular formula is C17H32IN3O4S. The highest BCUT2D eigenvalue weighted by Gasteiger charge is 2.28. The van der Waals surface area contributed by atoms with Crippen molar-refractivity contribution in [3.63, 3.8) is 0 Å². The first-order valence-electron chi connectivity index (χ1n) is 9.48. The highest BCUT2D eigenvalue weighted by molar-refractivity contribution is 14.0. The number of hydrogen-bond acceptors (Lipinski definition) is 5. The van der Waals surface area contributed by atoms with Crippen molar-refractivity contribution in [1.29, 1.82) is 0 Å². The average molecular weight is 501 g/mol. The molecule has 3 heterocycles. The standard InChI is InChI=1S/C17H31N3O4S.HI/c1-13-9-15(4-7-23-13)20-17(19-11-16-3-2-6-24-16)18-10-14-5-8-25(21,22)12-14;/h13-16H,2-12H2,1H3,(H2,18,19,20);1H. The van der Waals surface area contributed by atoms with Crippen LogP contribution in [0.1, 0.15) is 39.0 Å². The number of ether oxygens (including phenoxy) is 2. The Morgan fingerprint density at radius 1 is 1.19 bits per heavy atom. The lowest BCUT2D eigenvalue weighted by atomic mass is 10.0. The van der Waals surface area contributed by atoms with Crippen LogP contribution in [0.2, 0.25) is 0 Å². The van der Waals surface area contributed by atoms with Crippen LogP contribution in [0, 0.1) is 5.92 Å². The summed E-state index contributed by atoms with van der Waals surface area (Å²) in [5.74, 6) is 1.49. The first-order chi connectivity index (χ1) is 12.0. The van der Waals surface area contributed by atoms with Crippen LogP contribution in [-0.2, 0) is 19.3 Å². The number of hydrogen-bond donors (Lipinski definition) is 2. The van der Waals surface area contributed by atoms with Crippen molar-refractivity contribution in [2.75, 3.05) is 37.8 Å². The predicted octanol–water partition coefficient (Wildman–Crippen LogP) is 1.32. The molecule has 0 saturated carbocycles. The number of halogens is 1. The highest BCUT2D eigenvalue weighted by Crippen LogP contribution is 2.19. The molecule has 3 fully saturated rings. The van der Waals surface area contributed by atoms with Crippen LogP contribution in [-0.4, -0.2) is 70.4 Å². The van der Waals surface area contributed by atoms with E-state index < -0.39 is 9.84 Å². The Morgan fingerprint density at radius 3 is 2.69 bits per heavy atom. The first kappa shape index (κ1) is 22.2. The van der Waals surface area contributed by atoms with Gasteiger partial charge in [0.1, 0.15) is 0 Å². The van der Waals surface area contributed by atoms with Gasteiger partial charge in [-0.2, -0.15) is 0 Å². The van der Waals surface area contributed by atoms with Gasteiger partial charge in [0.05, 0.1) is 23.7 Å². The summed E-state index contributed by atoms with van der Waals surface area (Å²) < 4.78 is 34.5. The van der Waals surface area contributed by atoms with E-state index in [9.17, 15) is 8.42 Å². The van der Waals surface area contributed by atoms with E-state index in [1.807, 2.05) is 0 Å². The molecule has 3 saturated heterocycles. The SMILES string of the molecule is CC1CC(NC(=NCC2CCS(=O)(=O)C2)NCC2CCCO2)CCO1.I. The van der Waals surface area contributed by atoms with Crippen LogP contribution < -0.4 is 10.6 Å². The van der Waals surface area contributed by atoms with Gasteiger partial charge in [-0.1, -0.05) is 0 Å². The molecule has 7 nitrogen and oxygen atoms in total. The predicted molar refractivity (Wildman–Crippen MR) is 113 cm³/mol. The van der Waals surface area contributed by atoms with Gasteiger partial charge in [0.25, 0.3) is 0 Å². The van der Waals surface area contributed by atoms with E-state index >= 15 is 0 Å². The molecular weight excluding hydrogens is 469 g/mol. The number of nitrogens with one attached hydrogen (secondary N) is 2. The molecule has 26 heavy (non-hydrogen) atoms. The lowest BCUT2D eigenvalue weighted by Crippen LogP contribution is -2.48. The number of sulfone groups is 1. The second kappa shape index (κ2) is 10.4. The highest BCUT2D eigenvalue weighted by atomic mass is 127. The van der Waals surface area contributed by atoms with E-state index in [1.165, 1.54) is 0 Å². The van der Waals surface area contributed by atoms with Gasteiger partial charge in [-0.3, -0.25) is 4.99 Å². The van der Waals surface area contributed by atoms with Gasteiger partial charge in [-0.15, -0.1) is 24.0 Å². The maximum absolute atomic E-state index is 11.6. The fraction of sp³-hybridized carbons (Fsp3) is 0.941. The van der Waals surface area contributed by atoms with Crippen molar-refractivity contribution in [3.05, 3.63) is 0 Å². The van der Waals surface area contributed by atoms with Crippen molar-refractivity contribution in [2.24, 2.45) is 10.9 Å². The zero-order valence-electron chi connectivity index (χ0n) is 15.5. The summed E-state index contributed by atoms with van der Waals surface area (Å²) in [4.78, 5) is 4.68. The minimum atomic E-state index is -2.85. The summed E-state index contributed by atoms with van der Waals surface area (Å²) >= 11 is 0. The normalized spacial score (nSPS) is 34.3. The van der Waals surface area contributed by atoms with Gasteiger partial charge in [0.15, 0.2) is 15.8 Å². The van der Waals surface area contributed by atoms with Crippen LogP contribution in [0.5, 0.6) is 0 Å². The minimum absolute atomic E-state index is 0. The quantitative estimate of drug-likeness (QED) is 0.336.